The SMILES string of the molecule is O=C(O)C(c1ccc([N+](=O)[O-])s1)N1CCCCCC1. The topological polar surface area (TPSA) is 83.7 Å². The Bertz CT molecular complexity index is 466. The molecule has 19 heavy (non-hydrogen) atoms. The highest BCUT2D eigenvalue weighted by atomic mass is 32.1. The average molecular weight is 284 g/mol. The molecule has 1 unspecified atom stereocenters. The van der Waals surface area contributed by atoms with Crippen molar-refractivity contribution in [2.75, 3.05) is 13.1 Å². The summed E-state index contributed by atoms with van der Waals surface area (Å²) in [7, 11) is 0. The number of rotatable bonds is 4. The lowest BCUT2D eigenvalue weighted by atomic mass is 10.2. The first-order valence-electron chi connectivity index (χ1n) is 6.30. The summed E-state index contributed by atoms with van der Waals surface area (Å²) in [5.74, 6) is -0.932. The van der Waals surface area contributed by atoms with Crippen molar-refractivity contribution < 1.29 is 14.8 Å². The van der Waals surface area contributed by atoms with Crippen molar-refractivity contribution in [3.8, 4) is 0 Å². The number of likely N-dealkylation sites (tertiary alicyclic amines) is 1. The third-order valence-corrected chi connectivity index (χ3v) is 4.39. The van der Waals surface area contributed by atoms with Crippen molar-refractivity contribution in [3.05, 3.63) is 27.1 Å². The minimum absolute atomic E-state index is 0.00364. The fraction of sp³-hybridized carbons (Fsp3) is 0.583. The first-order chi connectivity index (χ1) is 9.09. The maximum absolute atomic E-state index is 11.5. The molecular weight excluding hydrogens is 268 g/mol. The van der Waals surface area contributed by atoms with Crippen molar-refractivity contribution in [1.29, 1.82) is 0 Å². The molecule has 1 aliphatic heterocycles. The molecule has 0 radical (unpaired) electrons. The summed E-state index contributed by atoms with van der Waals surface area (Å²) in [6.07, 6.45) is 4.20. The van der Waals surface area contributed by atoms with Gasteiger partial charge < -0.3 is 5.11 Å². The summed E-state index contributed by atoms with van der Waals surface area (Å²) in [5.41, 5.74) is 0. The fourth-order valence-electron chi connectivity index (χ4n) is 2.40. The number of carboxylic acids is 1. The molecule has 1 saturated heterocycles. The number of hydrogen-bond donors (Lipinski definition) is 1. The van der Waals surface area contributed by atoms with Crippen LogP contribution in [0.2, 0.25) is 0 Å². The van der Waals surface area contributed by atoms with Crippen LogP contribution in [0.4, 0.5) is 5.00 Å². The van der Waals surface area contributed by atoms with E-state index in [9.17, 15) is 20.0 Å². The highest BCUT2D eigenvalue weighted by Gasteiger charge is 2.30. The number of thiophene rings is 1. The average Bonchev–Trinajstić information content (AvgIpc) is 2.67. The zero-order valence-electron chi connectivity index (χ0n) is 10.4. The molecule has 1 aromatic rings. The van der Waals surface area contributed by atoms with Crippen molar-refractivity contribution in [1.82, 2.24) is 4.90 Å². The molecule has 0 bridgehead atoms. The van der Waals surface area contributed by atoms with E-state index in [0.717, 1.165) is 50.1 Å². The van der Waals surface area contributed by atoms with E-state index < -0.39 is 16.9 Å². The molecule has 104 valence electrons. The van der Waals surface area contributed by atoms with Gasteiger partial charge in [0.15, 0.2) is 0 Å². The van der Waals surface area contributed by atoms with Crippen LogP contribution in [0.5, 0.6) is 0 Å². The smallest absolute Gasteiger partial charge is 0.326 e. The molecule has 1 atom stereocenters. The van der Waals surface area contributed by atoms with Gasteiger partial charge in [-0.15, -0.1) is 0 Å². The van der Waals surface area contributed by atoms with Crippen LogP contribution in [0.15, 0.2) is 12.1 Å². The number of carbonyl (C=O) groups is 1. The number of hydrogen-bond acceptors (Lipinski definition) is 5. The Morgan fingerprint density at radius 2 is 1.95 bits per heavy atom. The second-order valence-electron chi connectivity index (χ2n) is 4.62. The van der Waals surface area contributed by atoms with E-state index >= 15 is 0 Å². The van der Waals surface area contributed by atoms with E-state index in [4.69, 9.17) is 0 Å². The van der Waals surface area contributed by atoms with E-state index in [-0.39, 0.29) is 5.00 Å². The zero-order chi connectivity index (χ0) is 13.8. The van der Waals surface area contributed by atoms with Crippen LogP contribution in [0.3, 0.4) is 0 Å². The Morgan fingerprint density at radius 3 is 2.42 bits per heavy atom. The quantitative estimate of drug-likeness (QED) is 0.678. The van der Waals surface area contributed by atoms with Crippen LogP contribution in [0, 0.1) is 10.1 Å². The van der Waals surface area contributed by atoms with Crippen molar-refractivity contribution in [2.45, 2.75) is 31.7 Å². The van der Waals surface area contributed by atoms with Gasteiger partial charge >= 0.3 is 11.0 Å². The number of aliphatic carboxylic acids is 1. The monoisotopic (exact) mass is 284 g/mol. The van der Waals surface area contributed by atoms with E-state index in [1.807, 2.05) is 4.90 Å². The maximum Gasteiger partial charge on any atom is 0.326 e. The highest BCUT2D eigenvalue weighted by Crippen LogP contribution is 2.33. The summed E-state index contributed by atoms with van der Waals surface area (Å²) in [4.78, 5) is 24.2. The van der Waals surface area contributed by atoms with Gasteiger partial charge in [0.1, 0.15) is 6.04 Å². The Kier molecular flexibility index (Phi) is 4.49. The summed E-state index contributed by atoms with van der Waals surface area (Å²) >= 11 is 0.956. The maximum atomic E-state index is 11.5. The molecule has 1 aromatic heterocycles. The minimum Gasteiger partial charge on any atom is -0.480 e. The van der Waals surface area contributed by atoms with Crippen LogP contribution in [0.1, 0.15) is 36.6 Å². The summed E-state index contributed by atoms with van der Waals surface area (Å²) in [6, 6.07) is 2.19. The lowest BCUT2D eigenvalue weighted by Gasteiger charge is -2.26. The Hall–Kier alpha value is -1.47. The second-order valence-corrected chi connectivity index (χ2v) is 5.72. The number of nitrogens with zero attached hydrogens (tertiary/aromatic N) is 2. The normalized spacial score (nSPS) is 18.7. The molecule has 7 heteroatoms. The molecule has 2 rings (SSSR count). The van der Waals surface area contributed by atoms with Gasteiger partial charge in [-0.2, -0.15) is 0 Å². The third-order valence-electron chi connectivity index (χ3n) is 3.30. The van der Waals surface area contributed by atoms with Crippen LogP contribution in [-0.4, -0.2) is 34.0 Å². The largest absolute Gasteiger partial charge is 0.480 e. The van der Waals surface area contributed by atoms with Crippen LogP contribution < -0.4 is 0 Å². The van der Waals surface area contributed by atoms with Gasteiger partial charge in [-0.05, 0) is 32.0 Å². The lowest BCUT2D eigenvalue weighted by Crippen LogP contribution is -2.34. The van der Waals surface area contributed by atoms with Crippen molar-refractivity contribution in [3.63, 3.8) is 0 Å². The molecule has 0 aromatic carbocycles. The van der Waals surface area contributed by atoms with Gasteiger partial charge in [0.2, 0.25) is 0 Å². The van der Waals surface area contributed by atoms with Gasteiger partial charge in [0.25, 0.3) is 0 Å². The third kappa shape index (κ3) is 3.30. The molecule has 2 heterocycles. The van der Waals surface area contributed by atoms with Crippen LogP contribution in [0.25, 0.3) is 0 Å². The van der Waals surface area contributed by atoms with Gasteiger partial charge in [-0.3, -0.25) is 19.8 Å². The van der Waals surface area contributed by atoms with E-state index in [1.165, 1.54) is 6.07 Å². The number of carboxylic acid groups (broad SMARTS) is 1. The molecular formula is C12H16N2O4S. The first-order valence-corrected chi connectivity index (χ1v) is 7.12. The van der Waals surface area contributed by atoms with Crippen LogP contribution >= 0.6 is 11.3 Å². The fourth-order valence-corrected chi connectivity index (χ4v) is 3.35. The summed E-state index contributed by atoms with van der Waals surface area (Å²) in [6.45, 7) is 1.48. The molecule has 0 saturated carbocycles. The van der Waals surface area contributed by atoms with Gasteiger partial charge in [0, 0.05) is 10.9 Å². The van der Waals surface area contributed by atoms with Gasteiger partial charge in [-0.25, -0.2) is 0 Å². The second kappa shape index (κ2) is 6.12. The zero-order valence-corrected chi connectivity index (χ0v) is 11.3. The minimum atomic E-state index is -0.932. The molecule has 0 amide bonds. The summed E-state index contributed by atoms with van der Waals surface area (Å²) < 4.78 is 0. The highest BCUT2D eigenvalue weighted by molar-refractivity contribution is 7.15. The molecule has 1 fully saturated rings. The van der Waals surface area contributed by atoms with E-state index in [0.29, 0.717) is 4.88 Å². The van der Waals surface area contributed by atoms with Gasteiger partial charge in [-0.1, -0.05) is 24.2 Å². The molecule has 1 aliphatic rings. The standard InChI is InChI=1S/C12H16N2O4S/c15-12(16)11(13-7-3-1-2-4-8-13)9-5-6-10(19-9)14(17)18/h5-6,11H,1-4,7-8H2,(H,15,16). The van der Waals surface area contributed by atoms with E-state index in [2.05, 4.69) is 0 Å². The Balaban J connectivity index is 2.22. The Labute approximate surface area is 114 Å². The molecule has 6 nitrogen and oxygen atoms in total. The first kappa shape index (κ1) is 14.0. The van der Waals surface area contributed by atoms with Gasteiger partial charge in [0.05, 0.1) is 4.92 Å². The lowest BCUT2D eigenvalue weighted by molar-refractivity contribution is -0.380. The molecule has 1 N–H and O–H groups in total. The number of nitro groups is 1. The van der Waals surface area contributed by atoms with Crippen LogP contribution in [-0.2, 0) is 4.79 Å². The summed E-state index contributed by atoms with van der Waals surface area (Å²) in [5, 5.41) is 20.1. The van der Waals surface area contributed by atoms with Crippen molar-refractivity contribution >= 4 is 22.3 Å². The predicted octanol–water partition coefficient (Wildman–Crippen LogP) is 2.66. The molecule has 0 aliphatic carbocycles. The van der Waals surface area contributed by atoms with E-state index in [1.54, 1.807) is 6.07 Å². The van der Waals surface area contributed by atoms with Crippen molar-refractivity contribution in [2.24, 2.45) is 0 Å². The predicted molar refractivity (Wildman–Crippen MR) is 71.4 cm³/mol. The molecule has 0 spiro atoms. The Morgan fingerprint density at radius 1 is 1.32 bits per heavy atom.